The lowest BCUT2D eigenvalue weighted by atomic mass is 10.1. The summed E-state index contributed by atoms with van der Waals surface area (Å²) in [5, 5.41) is 11.8. The molecule has 0 saturated heterocycles. The lowest BCUT2D eigenvalue weighted by Gasteiger charge is -2.22. The average molecular weight is 694 g/mol. The van der Waals surface area contributed by atoms with Crippen LogP contribution in [0.25, 0.3) is 0 Å². The van der Waals surface area contributed by atoms with Crippen LogP contribution >= 0.6 is 11.6 Å². The predicted octanol–water partition coefficient (Wildman–Crippen LogP) is 5.50. The van der Waals surface area contributed by atoms with Gasteiger partial charge in [0.05, 0.1) is 25.1 Å². The summed E-state index contributed by atoms with van der Waals surface area (Å²) in [7, 11) is 1.20. The van der Waals surface area contributed by atoms with Crippen LogP contribution in [-0.4, -0.2) is 71.0 Å². The molecule has 48 heavy (non-hydrogen) atoms. The van der Waals surface area contributed by atoms with Gasteiger partial charge in [0.2, 0.25) is 11.9 Å². The number of rotatable bonds is 13. The van der Waals surface area contributed by atoms with Gasteiger partial charge < -0.3 is 35.5 Å². The topological polar surface area (TPSA) is 166 Å². The minimum absolute atomic E-state index is 0.00948. The number of carbonyl (C=O) groups excluding carboxylic acids is 3. The van der Waals surface area contributed by atoms with Crippen LogP contribution in [0.15, 0.2) is 48.5 Å². The Morgan fingerprint density at radius 3 is 2.19 bits per heavy atom. The fourth-order valence-corrected chi connectivity index (χ4v) is 4.48. The van der Waals surface area contributed by atoms with Gasteiger partial charge in [-0.15, -0.1) is 0 Å². The van der Waals surface area contributed by atoms with Crippen molar-refractivity contribution in [2.75, 3.05) is 30.9 Å². The summed E-state index contributed by atoms with van der Waals surface area (Å²) in [5.41, 5.74) is 0.228. The van der Waals surface area contributed by atoms with Crippen LogP contribution in [0.3, 0.4) is 0 Å². The summed E-state index contributed by atoms with van der Waals surface area (Å²) in [6.45, 7) is 3.38. The second-order valence-corrected chi connectivity index (χ2v) is 12.4. The molecule has 1 heterocycles. The Morgan fingerprint density at radius 1 is 0.958 bits per heavy atom. The van der Waals surface area contributed by atoms with Gasteiger partial charge in [-0.05, 0) is 75.6 Å². The van der Waals surface area contributed by atoms with E-state index in [2.05, 4.69) is 36.2 Å². The van der Waals surface area contributed by atoms with E-state index >= 15 is 0 Å². The number of alkyl carbamates (subject to hydrolysis) is 1. The molecule has 1 atom stereocenters. The van der Waals surface area contributed by atoms with Crippen molar-refractivity contribution in [3.8, 4) is 6.01 Å². The second-order valence-electron chi connectivity index (χ2n) is 11.9. The minimum Gasteiger partial charge on any atom is -0.469 e. The number of methoxy groups -OCH3 is 1. The SMILES string of the molecule is COC(=O)CC(CNC(=O)OC(C)(C)C)NC(=O)c1ccc(Nc2nc(NC3(c4ccc(Cl)cc4)CC3)nc(OCC(F)(F)F)n2)cc1. The molecule has 1 aliphatic rings. The standard InChI is InChI=1S/C31H35ClF3N7O6/c1-29(2,3)48-28(45)36-16-22(15-23(43)46-4)37-24(44)18-5-11-21(12-6-18)38-25-39-26(41-27(40-25)47-17-31(33,34)35)42-30(13-14-30)19-7-9-20(32)10-8-19/h5-12,22H,13-17H2,1-4H3,(H,36,45)(H,37,44)(H2,38,39,40,41,42). The maximum atomic E-state index is 13.0. The van der Waals surface area contributed by atoms with Crippen molar-refractivity contribution in [1.29, 1.82) is 0 Å². The molecule has 1 fully saturated rings. The predicted molar refractivity (Wildman–Crippen MR) is 169 cm³/mol. The highest BCUT2D eigenvalue weighted by molar-refractivity contribution is 6.30. The maximum absolute atomic E-state index is 13.0. The second kappa shape index (κ2) is 14.9. The van der Waals surface area contributed by atoms with Crippen LogP contribution in [0, 0.1) is 0 Å². The molecule has 4 N–H and O–H groups in total. The molecule has 1 aliphatic carbocycles. The third-order valence-corrected chi connectivity index (χ3v) is 7.00. The molecule has 0 spiro atoms. The molecule has 4 rings (SSSR count). The van der Waals surface area contributed by atoms with Gasteiger partial charge in [0.25, 0.3) is 5.91 Å². The molecule has 17 heteroatoms. The molecule has 0 aliphatic heterocycles. The van der Waals surface area contributed by atoms with Crippen molar-refractivity contribution in [1.82, 2.24) is 25.6 Å². The zero-order valence-electron chi connectivity index (χ0n) is 26.5. The number of alkyl halides is 3. The summed E-state index contributed by atoms with van der Waals surface area (Å²) in [5.74, 6) is -1.27. The van der Waals surface area contributed by atoms with Crippen molar-refractivity contribution in [3.05, 3.63) is 64.7 Å². The summed E-state index contributed by atoms with van der Waals surface area (Å²) < 4.78 is 53.4. The van der Waals surface area contributed by atoms with Crippen molar-refractivity contribution in [2.24, 2.45) is 0 Å². The van der Waals surface area contributed by atoms with E-state index in [-0.39, 0.29) is 30.4 Å². The van der Waals surface area contributed by atoms with Gasteiger partial charge in [-0.2, -0.15) is 28.1 Å². The fourth-order valence-electron chi connectivity index (χ4n) is 4.36. The molecule has 1 aromatic heterocycles. The van der Waals surface area contributed by atoms with Crippen molar-refractivity contribution < 1.29 is 41.8 Å². The molecule has 3 aromatic rings. The van der Waals surface area contributed by atoms with E-state index in [9.17, 15) is 27.6 Å². The van der Waals surface area contributed by atoms with Crippen LogP contribution in [0.1, 0.15) is 56.0 Å². The van der Waals surface area contributed by atoms with Gasteiger partial charge >= 0.3 is 24.2 Å². The Morgan fingerprint density at radius 2 is 1.60 bits per heavy atom. The van der Waals surface area contributed by atoms with Crippen LogP contribution in [0.5, 0.6) is 6.01 Å². The number of ether oxygens (including phenoxy) is 3. The van der Waals surface area contributed by atoms with E-state index in [0.29, 0.717) is 10.7 Å². The number of hydrogen-bond acceptors (Lipinski definition) is 11. The largest absolute Gasteiger partial charge is 0.469 e. The number of nitrogens with one attached hydrogen (secondary N) is 4. The maximum Gasteiger partial charge on any atom is 0.422 e. The minimum atomic E-state index is -4.62. The van der Waals surface area contributed by atoms with Crippen LogP contribution in [-0.2, 0) is 19.8 Å². The van der Waals surface area contributed by atoms with E-state index in [1.54, 1.807) is 32.9 Å². The number of carbonyl (C=O) groups is 3. The monoisotopic (exact) mass is 693 g/mol. The summed E-state index contributed by atoms with van der Waals surface area (Å²) in [6.07, 6.45) is -4.10. The summed E-state index contributed by atoms with van der Waals surface area (Å²) in [4.78, 5) is 49.3. The quantitative estimate of drug-likeness (QED) is 0.167. The van der Waals surface area contributed by atoms with E-state index in [0.717, 1.165) is 18.4 Å². The smallest absolute Gasteiger partial charge is 0.422 e. The molecular formula is C31H35ClF3N7O6. The number of esters is 1. The van der Waals surface area contributed by atoms with E-state index in [4.69, 9.17) is 25.8 Å². The third-order valence-electron chi connectivity index (χ3n) is 6.75. The Bertz CT molecular complexity index is 1600. The number of benzene rings is 2. The van der Waals surface area contributed by atoms with E-state index in [1.165, 1.54) is 31.4 Å². The molecule has 1 saturated carbocycles. The van der Waals surface area contributed by atoms with E-state index < -0.39 is 53.9 Å². The number of anilines is 3. The first-order chi connectivity index (χ1) is 22.5. The first-order valence-electron chi connectivity index (χ1n) is 14.7. The van der Waals surface area contributed by atoms with Gasteiger partial charge in [-0.1, -0.05) is 23.7 Å². The number of amides is 2. The average Bonchev–Trinajstić information content (AvgIpc) is 3.78. The highest BCUT2D eigenvalue weighted by atomic mass is 35.5. The molecule has 258 valence electrons. The van der Waals surface area contributed by atoms with E-state index in [1.807, 2.05) is 12.1 Å². The third kappa shape index (κ3) is 11.1. The molecule has 2 amide bonds. The first-order valence-corrected chi connectivity index (χ1v) is 15.1. The van der Waals surface area contributed by atoms with Crippen molar-refractivity contribution in [2.45, 2.75) is 63.4 Å². The molecule has 2 aromatic carbocycles. The van der Waals surface area contributed by atoms with Crippen molar-refractivity contribution >= 4 is 47.2 Å². The summed E-state index contributed by atoms with van der Waals surface area (Å²) in [6, 6.07) is 11.8. The van der Waals surface area contributed by atoms with Gasteiger partial charge in [0.15, 0.2) is 6.61 Å². The fraction of sp³-hybridized carbons (Fsp3) is 0.419. The summed E-state index contributed by atoms with van der Waals surface area (Å²) >= 11 is 6.02. The van der Waals surface area contributed by atoms with Crippen LogP contribution < -0.4 is 26.0 Å². The number of aromatic nitrogens is 3. The Labute approximate surface area is 279 Å². The van der Waals surface area contributed by atoms with Crippen LogP contribution in [0.4, 0.5) is 35.5 Å². The Hall–Kier alpha value is -4.86. The van der Waals surface area contributed by atoms with Crippen molar-refractivity contribution in [3.63, 3.8) is 0 Å². The molecule has 1 unspecified atom stereocenters. The van der Waals surface area contributed by atoms with Gasteiger partial charge in [-0.3, -0.25) is 9.59 Å². The highest BCUT2D eigenvalue weighted by Crippen LogP contribution is 2.48. The van der Waals surface area contributed by atoms with Gasteiger partial charge in [0.1, 0.15) is 5.60 Å². The molecule has 0 bridgehead atoms. The van der Waals surface area contributed by atoms with Gasteiger partial charge in [0, 0.05) is 22.8 Å². The van der Waals surface area contributed by atoms with Gasteiger partial charge in [-0.25, -0.2) is 4.79 Å². The molecule has 0 radical (unpaired) electrons. The number of hydrogen-bond donors (Lipinski definition) is 4. The zero-order chi connectivity index (χ0) is 35.1. The lowest BCUT2D eigenvalue weighted by molar-refractivity contribution is -0.154. The highest BCUT2D eigenvalue weighted by Gasteiger charge is 2.45. The van der Waals surface area contributed by atoms with Crippen LogP contribution in [0.2, 0.25) is 5.02 Å². The zero-order valence-corrected chi connectivity index (χ0v) is 27.3. The Kier molecular flexibility index (Phi) is 11.2. The number of halogens is 4. The number of nitrogens with zero attached hydrogens (tertiary/aromatic N) is 3. The normalized spacial score (nSPS) is 14.2. The molecule has 13 nitrogen and oxygen atoms in total. The first kappa shape index (κ1) is 36.0. The molecular weight excluding hydrogens is 659 g/mol. The lowest BCUT2D eigenvalue weighted by Crippen LogP contribution is -2.46. The Balaban J connectivity index is 1.46.